The number of fused-ring (bicyclic) bond motifs is 1. The second kappa shape index (κ2) is 3.71. The highest BCUT2D eigenvalue weighted by atomic mass is 79.9. The summed E-state index contributed by atoms with van der Waals surface area (Å²) in [7, 11) is 1.77. The van der Waals surface area contributed by atoms with Crippen LogP contribution in [-0.4, -0.2) is 19.6 Å². The Morgan fingerprint density at radius 3 is 3.00 bits per heavy atom. The van der Waals surface area contributed by atoms with Gasteiger partial charge in [0.25, 0.3) is 5.91 Å². The summed E-state index contributed by atoms with van der Waals surface area (Å²) in [5.41, 5.74) is 1.96. The molecule has 3 nitrogen and oxygen atoms in total. The molecule has 1 aliphatic heterocycles. The van der Waals surface area contributed by atoms with E-state index in [0.29, 0.717) is 6.61 Å². The molecule has 0 radical (unpaired) electrons. The predicted molar refractivity (Wildman–Crippen MR) is 57.2 cm³/mol. The fraction of sp³-hybridized carbons (Fsp3) is 0.300. The number of benzene rings is 1. The highest BCUT2D eigenvalue weighted by molar-refractivity contribution is 9.10. The van der Waals surface area contributed by atoms with Gasteiger partial charge in [-0.25, -0.2) is 0 Å². The molecule has 0 bridgehead atoms. The Labute approximate surface area is 90.8 Å². The van der Waals surface area contributed by atoms with Gasteiger partial charge in [-0.2, -0.15) is 0 Å². The van der Waals surface area contributed by atoms with Crippen molar-refractivity contribution in [2.75, 3.05) is 18.6 Å². The molecule has 0 saturated heterocycles. The van der Waals surface area contributed by atoms with E-state index >= 15 is 0 Å². The smallest absolute Gasteiger partial charge is 0.252 e. The highest BCUT2D eigenvalue weighted by Crippen LogP contribution is 2.26. The molecule has 0 atom stereocenters. The minimum absolute atomic E-state index is 0.0122. The first-order valence-electron chi connectivity index (χ1n) is 4.31. The first-order chi connectivity index (χ1) is 6.68. The van der Waals surface area contributed by atoms with Crippen molar-refractivity contribution < 1.29 is 9.53 Å². The number of carbonyl (C=O) groups excluding carboxylic acids is 1. The molecule has 2 rings (SSSR count). The van der Waals surface area contributed by atoms with Gasteiger partial charge in [0.05, 0.1) is 6.61 Å². The molecule has 0 saturated carbocycles. The van der Waals surface area contributed by atoms with Gasteiger partial charge in [-0.05, 0) is 12.1 Å². The Morgan fingerprint density at radius 1 is 1.43 bits per heavy atom. The molecule has 1 aromatic rings. The predicted octanol–water partition coefficient (Wildman–Crippen LogP) is 1.94. The van der Waals surface area contributed by atoms with Crippen molar-refractivity contribution >= 4 is 27.5 Å². The standard InChI is InChI=1S/C10H10BrNO2/c1-12-9-4-8(11)3-2-7(9)5-14-6-10(12)13/h2-4H,5-6H2,1H3. The first kappa shape index (κ1) is 9.68. The summed E-state index contributed by atoms with van der Waals surface area (Å²) in [5, 5.41) is 0. The van der Waals surface area contributed by atoms with Crippen LogP contribution in [0, 0.1) is 0 Å². The number of hydrogen-bond donors (Lipinski definition) is 0. The molecule has 1 heterocycles. The lowest BCUT2D eigenvalue weighted by molar-refractivity contribution is -0.122. The van der Waals surface area contributed by atoms with Crippen LogP contribution in [0.1, 0.15) is 5.56 Å². The van der Waals surface area contributed by atoms with E-state index in [1.165, 1.54) is 0 Å². The van der Waals surface area contributed by atoms with Gasteiger partial charge < -0.3 is 9.64 Å². The fourth-order valence-electron chi connectivity index (χ4n) is 1.45. The maximum Gasteiger partial charge on any atom is 0.252 e. The Bertz CT molecular complexity index is 378. The van der Waals surface area contributed by atoms with E-state index in [4.69, 9.17) is 4.74 Å². The van der Waals surface area contributed by atoms with Crippen LogP contribution >= 0.6 is 15.9 Å². The van der Waals surface area contributed by atoms with Gasteiger partial charge in [0.1, 0.15) is 6.61 Å². The van der Waals surface area contributed by atoms with Crippen LogP contribution in [0.4, 0.5) is 5.69 Å². The van der Waals surface area contributed by atoms with Crippen LogP contribution in [0.5, 0.6) is 0 Å². The Hall–Kier alpha value is -0.870. The number of nitrogens with zero attached hydrogens (tertiary/aromatic N) is 1. The molecule has 0 aromatic heterocycles. The molecule has 1 aliphatic rings. The number of hydrogen-bond acceptors (Lipinski definition) is 2. The average molecular weight is 256 g/mol. The minimum atomic E-state index is -0.0122. The lowest BCUT2D eigenvalue weighted by atomic mass is 10.2. The number of carbonyl (C=O) groups is 1. The fourth-order valence-corrected chi connectivity index (χ4v) is 1.80. The lowest BCUT2D eigenvalue weighted by Crippen LogP contribution is -2.28. The Balaban J connectivity index is 2.49. The molecule has 1 aromatic carbocycles. The zero-order chi connectivity index (χ0) is 10.1. The van der Waals surface area contributed by atoms with Crippen LogP contribution < -0.4 is 4.90 Å². The van der Waals surface area contributed by atoms with Crippen molar-refractivity contribution in [3.8, 4) is 0 Å². The van der Waals surface area contributed by atoms with Crippen molar-refractivity contribution in [1.29, 1.82) is 0 Å². The van der Waals surface area contributed by atoms with Gasteiger partial charge >= 0.3 is 0 Å². The Morgan fingerprint density at radius 2 is 2.21 bits per heavy atom. The molecular weight excluding hydrogens is 246 g/mol. The van der Waals surface area contributed by atoms with Gasteiger partial charge in [-0.3, -0.25) is 4.79 Å². The molecule has 4 heteroatoms. The lowest BCUT2D eigenvalue weighted by Gasteiger charge is -2.16. The van der Waals surface area contributed by atoms with E-state index in [1.807, 2.05) is 18.2 Å². The molecule has 0 N–H and O–H groups in total. The van der Waals surface area contributed by atoms with Gasteiger partial charge in [0.2, 0.25) is 0 Å². The van der Waals surface area contributed by atoms with E-state index in [9.17, 15) is 4.79 Å². The molecule has 1 amide bonds. The van der Waals surface area contributed by atoms with Gasteiger partial charge in [0.15, 0.2) is 0 Å². The number of anilines is 1. The molecule has 0 spiro atoms. The number of ether oxygens (including phenoxy) is 1. The molecular formula is C10H10BrNO2. The summed E-state index contributed by atoms with van der Waals surface area (Å²) in [4.78, 5) is 13.1. The summed E-state index contributed by atoms with van der Waals surface area (Å²) >= 11 is 3.38. The van der Waals surface area contributed by atoms with Crippen molar-refractivity contribution in [2.45, 2.75) is 6.61 Å². The summed E-state index contributed by atoms with van der Waals surface area (Å²) in [6.07, 6.45) is 0. The van der Waals surface area contributed by atoms with Crippen LogP contribution in [0.25, 0.3) is 0 Å². The van der Waals surface area contributed by atoms with Gasteiger partial charge in [-0.15, -0.1) is 0 Å². The second-order valence-electron chi connectivity index (χ2n) is 3.22. The first-order valence-corrected chi connectivity index (χ1v) is 5.10. The van der Waals surface area contributed by atoms with Crippen molar-refractivity contribution in [3.63, 3.8) is 0 Å². The second-order valence-corrected chi connectivity index (χ2v) is 4.13. The number of amides is 1. The summed E-state index contributed by atoms with van der Waals surface area (Å²) in [5.74, 6) is -0.0122. The van der Waals surface area contributed by atoms with Crippen LogP contribution in [0.15, 0.2) is 22.7 Å². The van der Waals surface area contributed by atoms with Crippen LogP contribution in [0.3, 0.4) is 0 Å². The van der Waals surface area contributed by atoms with Crippen LogP contribution in [0.2, 0.25) is 0 Å². The number of likely N-dealkylation sites (N-methyl/N-ethyl adjacent to an activating group) is 1. The zero-order valence-corrected chi connectivity index (χ0v) is 9.37. The van der Waals surface area contributed by atoms with Crippen LogP contribution in [-0.2, 0) is 16.1 Å². The number of halogens is 1. The topological polar surface area (TPSA) is 29.5 Å². The summed E-state index contributed by atoms with van der Waals surface area (Å²) in [6.45, 7) is 0.654. The van der Waals surface area contributed by atoms with E-state index in [0.717, 1.165) is 15.7 Å². The van der Waals surface area contributed by atoms with Crippen molar-refractivity contribution in [1.82, 2.24) is 0 Å². The molecule has 0 aliphatic carbocycles. The Kier molecular flexibility index (Phi) is 2.56. The van der Waals surface area contributed by atoms with Crippen molar-refractivity contribution in [2.24, 2.45) is 0 Å². The average Bonchev–Trinajstić information content (AvgIpc) is 2.30. The largest absolute Gasteiger partial charge is 0.367 e. The zero-order valence-electron chi connectivity index (χ0n) is 7.79. The monoisotopic (exact) mass is 255 g/mol. The van der Waals surface area contributed by atoms with E-state index < -0.39 is 0 Å². The third-order valence-electron chi connectivity index (χ3n) is 2.27. The highest BCUT2D eigenvalue weighted by Gasteiger charge is 2.18. The van der Waals surface area contributed by atoms with E-state index in [-0.39, 0.29) is 12.5 Å². The molecule has 0 fully saturated rings. The maximum absolute atomic E-state index is 11.5. The molecule has 74 valence electrons. The van der Waals surface area contributed by atoms with Gasteiger partial charge in [-0.1, -0.05) is 22.0 Å². The van der Waals surface area contributed by atoms with E-state index in [2.05, 4.69) is 15.9 Å². The minimum Gasteiger partial charge on any atom is -0.367 e. The normalized spacial score (nSPS) is 16.4. The van der Waals surface area contributed by atoms with Crippen molar-refractivity contribution in [3.05, 3.63) is 28.2 Å². The molecule has 0 unspecified atom stereocenters. The third-order valence-corrected chi connectivity index (χ3v) is 2.76. The van der Waals surface area contributed by atoms with E-state index in [1.54, 1.807) is 11.9 Å². The maximum atomic E-state index is 11.5. The summed E-state index contributed by atoms with van der Waals surface area (Å²) < 4.78 is 6.21. The third kappa shape index (κ3) is 1.67. The number of rotatable bonds is 0. The van der Waals surface area contributed by atoms with Gasteiger partial charge in [0, 0.05) is 22.8 Å². The molecule has 14 heavy (non-hydrogen) atoms. The quantitative estimate of drug-likeness (QED) is 0.710. The summed E-state index contributed by atoms with van der Waals surface area (Å²) in [6, 6.07) is 5.85. The SMILES string of the molecule is CN1C(=O)COCc2ccc(Br)cc21.